The summed E-state index contributed by atoms with van der Waals surface area (Å²) in [7, 11) is 1.36. The van der Waals surface area contributed by atoms with Crippen LogP contribution in [0.25, 0.3) is 0 Å². The van der Waals surface area contributed by atoms with Crippen LogP contribution in [0.2, 0.25) is 5.02 Å². The molecule has 3 rings (SSSR count). The molecule has 0 fully saturated rings. The number of amides is 1. The van der Waals surface area contributed by atoms with Gasteiger partial charge in [-0.15, -0.1) is 10.2 Å². The number of anilines is 1. The van der Waals surface area contributed by atoms with Gasteiger partial charge in [0.05, 0.1) is 29.5 Å². The maximum atomic E-state index is 12.2. The summed E-state index contributed by atoms with van der Waals surface area (Å²) >= 11 is 6.85. The van der Waals surface area contributed by atoms with Crippen LogP contribution < -0.4 is 14.8 Å². The Kier molecular flexibility index (Phi) is 7.09. The van der Waals surface area contributed by atoms with Crippen LogP contribution in [0.3, 0.4) is 0 Å². The second-order valence-electron chi connectivity index (χ2n) is 5.68. The predicted molar refractivity (Wildman–Crippen MR) is 109 cm³/mol. The summed E-state index contributed by atoms with van der Waals surface area (Å²) in [5, 5.41) is 22.0. The molecule has 1 aromatic heterocycles. The summed E-state index contributed by atoms with van der Waals surface area (Å²) in [6, 6.07) is 10.7. The number of aromatic nitrogens is 2. The first-order valence-electron chi connectivity index (χ1n) is 8.40. The van der Waals surface area contributed by atoms with E-state index in [0.717, 1.165) is 11.8 Å². The lowest BCUT2D eigenvalue weighted by Crippen LogP contribution is -2.14. The monoisotopic (exact) mass is 450 g/mol. The van der Waals surface area contributed by atoms with Crippen LogP contribution in [0, 0.1) is 10.1 Å². The van der Waals surface area contributed by atoms with Crippen molar-refractivity contribution in [1.82, 2.24) is 10.2 Å². The van der Waals surface area contributed by atoms with Gasteiger partial charge in [-0.05, 0) is 30.3 Å². The van der Waals surface area contributed by atoms with E-state index in [1.54, 1.807) is 24.3 Å². The molecular weight excluding hydrogens is 436 g/mol. The SMILES string of the molecule is COc1cc([N+](=O)[O-])ccc1NC(=O)CSc1nnc(COc2ccc(Cl)cc2)o1. The molecule has 1 amide bonds. The van der Waals surface area contributed by atoms with Crippen molar-refractivity contribution in [2.45, 2.75) is 11.8 Å². The van der Waals surface area contributed by atoms with Crippen LogP contribution in [-0.4, -0.2) is 33.9 Å². The second-order valence-corrected chi connectivity index (χ2v) is 7.05. The number of non-ortho nitro benzene ring substituents is 1. The van der Waals surface area contributed by atoms with Crippen LogP contribution in [0.15, 0.2) is 52.1 Å². The number of thioether (sulfide) groups is 1. The molecule has 0 bridgehead atoms. The van der Waals surface area contributed by atoms with E-state index >= 15 is 0 Å². The molecule has 0 spiro atoms. The van der Waals surface area contributed by atoms with Crippen molar-refractivity contribution in [3.8, 4) is 11.5 Å². The number of methoxy groups -OCH3 is 1. The quantitative estimate of drug-likeness (QED) is 0.292. The Morgan fingerprint density at radius 3 is 2.73 bits per heavy atom. The highest BCUT2D eigenvalue weighted by atomic mass is 35.5. The number of hydrogen-bond acceptors (Lipinski definition) is 9. The molecule has 30 heavy (non-hydrogen) atoms. The van der Waals surface area contributed by atoms with Crippen LogP contribution in [0.5, 0.6) is 11.5 Å². The van der Waals surface area contributed by atoms with Gasteiger partial charge in [0.2, 0.25) is 5.91 Å². The van der Waals surface area contributed by atoms with Crippen molar-refractivity contribution >= 4 is 40.6 Å². The van der Waals surface area contributed by atoms with Crippen molar-refractivity contribution in [1.29, 1.82) is 0 Å². The van der Waals surface area contributed by atoms with E-state index in [1.807, 2.05) is 0 Å². The number of carbonyl (C=O) groups excluding carboxylic acids is 1. The molecule has 3 aromatic rings. The fourth-order valence-electron chi connectivity index (χ4n) is 2.24. The number of ether oxygens (including phenoxy) is 2. The first-order valence-corrected chi connectivity index (χ1v) is 9.77. The van der Waals surface area contributed by atoms with Crippen molar-refractivity contribution < 1.29 is 23.6 Å². The fourth-order valence-corrected chi connectivity index (χ4v) is 2.95. The van der Waals surface area contributed by atoms with Gasteiger partial charge in [-0.3, -0.25) is 14.9 Å². The van der Waals surface area contributed by atoms with Gasteiger partial charge >= 0.3 is 0 Å². The average Bonchev–Trinajstić information content (AvgIpc) is 3.20. The molecule has 0 saturated heterocycles. The number of benzene rings is 2. The summed E-state index contributed by atoms with van der Waals surface area (Å²) in [4.78, 5) is 22.4. The van der Waals surface area contributed by atoms with Crippen LogP contribution in [-0.2, 0) is 11.4 Å². The fraction of sp³-hybridized carbons (Fsp3) is 0.167. The molecule has 0 aliphatic heterocycles. The lowest BCUT2D eigenvalue weighted by molar-refractivity contribution is -0.384. The number of nitrogens with zero attached hydrogens (tertiary/aromatic N) is 3. The maximum absolute atomic E-state index is 12.2. The first kappa shape index (κ1) is 21.4. The minimum absolute atomic E-state index is 0.0141. The van der Waals surface area contributed by atoms with Crippen molar-refractivity contribution in [2.24, 2.45) is 0 Å². The van der Waals surface area contributed by atoms with E-state index in [2.05, 4.69) is 15.5 Å². The Morgan fingerprint density at radius 2 is 2.03 bits per heavy atom. The van der Waals surface area contributed by atoms with Crippen molar-refractivity contribution in [2.75, 3.05) is 18.2 Å². The molecule has 0 saturated carbocycles. The lowest BCUT2D eigenvalue weighted by atomic mass is 10.2. The average molecular weight is 451 g/mol. The Labute approximate surface area is 179 Å². The molecule has 0 unspecified atom stereocenters. The number of hydrogen-bond donors (Lipinski definition) is 1. The Morgan fingerprint density at radius 1 is 1.27 bits per heavy atom. The third-order valence-electron chi connectivity index (χ3n) is 3.62. The Bertz CT molecular complexity index is 1040. The number of nitrogens with one attached hydrogen (secondary N) is 1. The summed E-state index contributed by atoms with van der Waals surface area (Å²) in [6.07, 6.45) is 0. The molecule has 10 nitrogen and oxygen atoms in total. The third kappa shape index (κ3) is 5.84. The maximum Gasteiger partial charge on any atom is 0.277 e. The number of rotatable bonds is 9. The van der Waals surface area contributed by atoms with Crippen LogP contribution >= 0.6 is 23.4 Å². The smallest absolute Gasteiger partial charge is 0.277 e. The molecule has 0 aliphatic rings. The minimum atomic E-state index is -0.548. The van der Waals surface area contributed by atoms with E-state index in [-0.39, 0.29) is 40.8 Å². The summed E-state index contributed by atoms with van der Waals surface area (Å²) in [5.74, 6) is 0.652. The highest BCUT2D eigenvalue weighted by Crippen LogP contribution is 2.29. The van der Waals surface area contributed by atoms with E-state index in [4.69, 9.17) is 25.5 Å². The summed E-state index contributed by atoms with van der Waals surface area (Å²) < 4.78 is 16.0. The number of carbonyl (C=O) groups is 1. The molecule has 0 radical (unpaired) electrons. The molecular formula is C18H15ClN4O6S. The largest absolute Gasteiger partial charge is 0.494 e. The standard InChI is InChI=1S/C18H15ClN4O6S/c1-27-15-8-12(23(25)26)4-7-14(15)20-16(24)10-30-18-22-21-17(29-18)9-28-13-5-2-11(19)3-6-13/h2-8H,9-10H2,1H3,(H,20,24). The molecule has 0 atom stereocenters. The van der Waals surface area contributed by atoms with Gasteiger partial charge in [0.15, 0.2) is 6.61 Å². The molecule has 156 valence electrons. The molecule has 1 N–H and O–H groups in total. The van der Waals surface area contributed by atoms with Crippen LogP contribution in [0.1, 0.15) is 5.89 Å². The van der Waals surface area contributed by atoms with E-state index < -0.39 is 4.92 Å². The van der Waals surface area contributed by atoms with Gasteiger partial charge in [-0.2, -0.15) is 0 Å². The van der Waals surface area contributed by atoms with Gasteiger partial charge in [0, 0.05) is 11.1 Å². The van der Waals surface area contributed by atoms with Gasteiger partial charge in [-0.1, -0.05) is 23.4 Å². The predicted octanol–water partition coefficient (Wildman–Crippen LogP) is 3.95. The van der Waals surface area contributed by atoms with Crippen LogP contribution in [0.4, 0.5) is 11.4 Å². The first-order chi connectivity index (χ1) is 14.4. The number of nitro groups is 1. The minimum Gasteiger partial charge on any atom is -0.494 e. The molecule has 1 heterocycles. The number of halogens is 1. The van der Waals surface area contributed by atoms with Gasteiger partial charge in [0.25, 0.3) is 16.8 Å². The van der Waals surface area contributed by atoms with Crippen molar-refractivity contribution in [3.63, 3.8) is 0 Å². The highest BCUT2D eigenvalue weighted by molar-refractivity contribution is 7.99. The van der Waals surface area contributed by atoms with Gasteiger partial charge in [-0.25, -0.2) is 0 Å². The highest BCUT2D eigenvalue weighted by Gasteiger charge is 2.15. The normalized spacial score (nSPS) is 10.5. The van der Waals surface area contributed by atoms with E-state index in [1.165, 1.54) is 25.3 Å². The van der Waals surface area contributed by atoms with E-state index in [9.17, 15) is 14.9 Å². The van der Waals surface area contributed by atoms with E-state index in [0.29, 0.717) is 16.5 Å². The Balaban J connectivity index is 1.50. The second kappa shape index (κ2) is 9.94. The lowest BCUT2D eigenvalue weighted by Gasteiger charge is -2.09. The Hall–Kier alpha value is -3.31. The molecule has 2 aromatic carbocycles. The van der Waals surface area contributed by atoms with Crippen molar-refractivity contribution in [3.05, 3.63) is 63.5 Å². The molecule has 12 heteroatoms. The zero-order valence-electron chi connectivity index (χ0n) is 15.5. The molecule has 0 aliphatic carbocycles. The summed E-state index contributed by atoms with van der Waals surface area (Å²) in [5.41, 5.74) is 0.176. The topological polar surface area (TPSA) is 130 Å². The number of nitro benzene ring substituents is 1. The van der Waals surface area contributed by atoms with Gasteiger partial charge < -0.3 is 19.2 Å². The zero-order valence-corrected chi connectivity index (χ0v) is 17.1. The van der Waals surface area contributed by atoms with Gasteiger partial charge in [0.1, 0.15) is 11.5 Å². The third-order valence-corrected chi connectivity index (χ3v) is 4.69. The zero-order chi connectivity index (χ0) is 21.5. The summed E-state index contributed by atoms with van der Waals surface area (Å²) in [6.45, 7) is 0.0708.